The van der Waals surface area contributed by atoms with Crippen molar-refractivity contribution in [3.8, 4) is 10.4 Å². The summed E-state index contributed by atoms with van der Waals surface area (Å²) in [4.78, 5) is 18.0. The number of fused-ring (bicyclic) bond motifs is 1. The molecule has 1 aromatic heterocycles. The van der Waals surface area contributed by atoms with E-state index in [0.29, 0.717) is 16.9 Å². The summed E-state index contributed by atoms with van der Waals surface area (Å²) < 4.78 is 39.2. The van der Waals surface area contributed by atoms with Gasteiger partial charge in [0.1, 0.15) is 0 Å². The van der Waals surface area contributed by atoms with E-state index in [-0.39, 0.29) is 23.1 Å². The Morgan fingerprint density at radius 1 is 1.37 bits per heavy atom. The van der Waals surface area contributed by atoms with Gasteiger partial charge in [-0.05, 0) is 53.5 Å². The fraction of sp³-hybridized carbons (Fsp3) is 0.421. The third-order valence-electron chi connectivity index (χ3n) is 4.90. The van der Waals surface area contributed by atoms with Crippen LogP contribution in [0.25, 0.3) is 10.4 Å². The number of hydrogen-bond acceptors (Lipinski definition) is 4. The van der Waals surface area contributed by atoms with Gasteiger partial charge in [0.05, 0.1) is 17.7 Å². The number of carbonyl (C=O) groups is 1. The molecule has 0 unspecified atom stereocenters. The first-order valence-electron chi connectivity index (χ1n) is 8.43. The molecule has 1 heterocycles. The van der Waals surface area contributed by atoms with Crippen LogP contribution in [-0.2, 0) is 30.5 Å². The molecule has 8 heteroatoms. The van der Waals surface area contributed by atoms with Crippen LogP contribution in [-0.4, -0.2) is 11.1 Å². The number of thiophene rings is 1. The van der Waals surface area contributed by atoms with Crippen LogP contribution in [0.4, 0.5) is 13.2 Å². The molecule has 0 radical (unpaired) electrons. The number of alkyl halides is 3. The smallest absolute Gasteiger partial charge is 0.416 e. The van der Waals surface area contributed by atoms with Gasteiger partial charge in [-0.1, -0.05) is 19.9 Å². The van der Waals surface area contributed by atoms with Crippen LogP contribution in [0, 0.1) is 5.41 Å². The molecule has 146 valence electrons. The molecule has 0 amide bonds. The van der Waals surface area contributed by atoms with E-state index in [4.69, 9.17) is 5.90 Å². The van der Waals surface area contributed by atoms with Gasteiger partial charge in [0.25, 0.3) is 0 Å². The highest BCUT2D eigenvalue weighted by Crippen LogP contribution is 2.46. The summed E-state index contributed by atoms with van der Waals surface area (Å²) >= 11 is 1.34. The number of aromatic carboxylic acids is 1. The zero-order valence-corrected chi connectivity index (χ0v) is 15.8. The minimum atomic E-state index is -4.50. The molecule has 2 aromatic rings. The highest BCUT2D eigenvalue weighted by molar-refractivity contribution is 7.16. The zero-order valence-electron chi connectivity index (χ0n) is 14.9. The lowest BCUT2D eigenvalue weighted by molar-refractivity contribution is -0.137. The Balaban J connectivity index is 2.19. The Kier molecular flexibility index (Phi) is 5.09. The highest BCUT2D eigenvalue weighted by Gasteiger charge is 2.35. The maximum absolute atomic E-state index is 13.1. The Hall–Kier alpha value is -1.90. The van der Waals surface area contributed by atoms with E-state index in [0.717, 1.165) is 35.4 Å². The van der Waals surface area contributed by atoms with E-state index in [1.807, 2.05) is 0 Å². The van der Waals surface area contributed by atoms with Crippen molar-refractivity contribution in [2.45, 2.75) is 45.9 Å². The summed E-state index contributed by atoms with van der Waals surface area (Å²) in [5.74, 6) is 4.03. The van der Waals surface area contributed by atoms with Crippen LogP contribution in [0.5, 0.6) is 0 Å². The van der Waals surface area contributed by atoms with Gasteiger partial charge in [-0.15, -0.1) is 11.3 Å². The number of rotatable bonds is 4. The lowest BCUT2D eigenvalue weighted by Crippen LogP contribution is -2.22. The lowest BCUT2D eigenvalue weighted by Gasteiger charge is -2.29. The molecule has 0 saturated heterocycles. The summed E-state index contributed by atoms with van der Waals surface area (Å²) in [6.45, 7) is 3.93. The van der Waals surface area contributed by atoms with E-state index in [9.17, 15) is 23.1 Å². The number of hydrogen-bond donors (Lipinski definition) is 2. The SMILES string of the molecule is CC1(C)CCc2sc(-c3ccc(C(F)(F)F)cc3CON)c(C(=O)O)c2C1. The van der Waals surface area contributed by atoms with Crippen molar-refractivity contribution in [1.82, 2.24) is 0 Å². The average molecular weight is 399 g/mol. The van der Waals surface area contributed by atoms with E-state index in [1.54, 1.807) is 0 Å². The van der Waals surface area contributed by atoms with Crippen LogP contribution < -0.4 is 5.90 Å². The maximum atomic E-state index is 13.1. The van der Waals surface area contributed by atoms with Gasteiger partial charge in [-0.3, -0.25) is 4.84 Å². The number of carboxylic acid groups (broad SMARTS) is 1. The standard InChI is InChI=1S/C19H20F3NO3S/c1-18(2)6-5-14-13(8-18)15(17(24)25)16(27-14)12-4-3-11(19(20,21)22)7-10(12)9-26-23/h3-4,7H,5-6,8-9,23H2,1-2H3,(H,24,25). The number of nitrogens with two attached hydrogens (primary N) is 1. The van der Waals surface area contributed by atoms with Crippen molar-refractivity contribution >= 4 is 17.3 Å². The van der Waals surface area contributed by atoms with Crippen molar-refractivity contribution in [3.05, 3.63) is 45.3 Å². The van der Waals surface area contributed by atoms with Gasteiger partial charge in [-0.25, -0.2) is 10.7 Å². The molecule has 0 fully saturated rings. The predicted molar refractivity (Wildman–Crippen MR) is 96.5 cm³/mol. The van der Waals surface area contributed by atoms with Crippen molar-refractivity contribution in [1.29, 1.82) is 0 Å². The van der Waals surface area contributed by atoms with Gasteiger partial charge in [0, 0.05) is 9.75 Å². The third kappa shape index (κ3) is 3.88. The first-order valence-corrected chi connectivity index (χ1v) is 9.25. The summed E-state index contributed by atoms with van der Waals surface area (Å²) in [5, 5.41) is 9.82. The van der Waals surface area contributed by atoms with Crippen LogP contribution in [0.2, 0.25) is 0 Å². The van der Waals surface area contributed by atoms with Gasteiger partial charge in [-0.2, -0.15) is 13.2 Å². The second kappa shape index (κ2) is 6.92. The van der Waals surface area contributed by atoms with E-state index in [2.05, 4.69) is 18.7 Å². The fourth-order valence-corrected chi connectivity index (χ4v) is 4.91. The summed E-state index contributed by atoms with van der Waals surface area (Å²) in [5.41, 5.74) is 0.770. The van der Waals surface area contributed by atoms with Crippen LogP contribution in [0.3, 0.4) is 0 Å². The van der Waals surface area contributed by atoms with Crippen molar-refractivity contribution in [2.24, 2.45) is 11.3 Å². The number of halogens is 3. The predicted octanol–water partition coefficient (Wildman–Crippen LogP) is 5.04. The molecule has 1 aliphatic rings. The lowest BCUT2D eigenvalue weighted by atomic mass is 9.76. The Labute approximate surface area is 158 Å². The van der Waals surface area contributed by atoms with Crippen molar-refractivity contribution in [3.63, 3.8) is 0 Å². The molecule has 0 bridgehead atoms. The molecular formula is C19H20F3NO3S. The molecule has 0 atom stereocenters. The normalized spacial score (nSPS) is 16.2. The molecule has 1 aromatic carbocycles. The van der Waals surface area contributed by atoms with Gasteiger partial charge in [0.2, 0.25) is 0 Å². The van der Waals surface area contributed by atoms with Crippen molar-refractivity contribution in [2.75, 3.05) is 0 Å². The number of aryl methyl sites for hydroxylation is 1. The topological polar surface area (TPSA) is 72.5 Å². The maximum Gasteiger partial charge on any atom is 0.416 e. The zero-order chi connectivity index (χ0) is 20.0. The fourth-order valence-electron chi connectivity index (χ4n) is 3.54. The summed E-state index contributed by atoms with van der Waals surface area (Å²) in [6, 6.07) is 3.24. The minimum Gasteiger partial charge on any atom is -0.478 e. The molecule has 1 aliphatic carbocycles. The number of benzene rings is 1. The minimum absolute atomic E-state index is 0.0150. The van der Waals surface area contributed by atoms with Crippen LogP contribution in [0.1, 0.15) is 52.2 Å². The third-order valence-corrected chi connectivity index (χ3v) is 6.23. The largest absolute Gasteiger partial charge is 0.478 e. The summed E-state index contributed by atoms with van der Waals surface area (Å²) in [6.07, 6.45) is -2.18. The van der Waals surface area contributed by atoms with E-state index < -0.39 is 17.7 Å². The van der Waals surface area contributed by atoms with Crippen molar-refractivity contribution < 1.29 is 27.9 Å². The monoisotopic (exact) mass is 399 g/mol. The van der Waals surface area contributed by atoms with Gasteiger partial charge < -0.3 is 5.11 Å². The first-order chi connectivity index (χ1) is 12.5. The quantitative estimate of drug-likeness (QED) is 0.707. The molecule has 27 heavy (non-hydrogen) atoms. The molecule has 3 rings (SSSR count). The molecule has 0 saturated carbocycles. The molecular weight excluding hydrogens is 379 g/mol. The van der Waals surface area contributed by atoms with E-state index in [1.165, 1.54) is 17.4 Å². The molecule has 3 N–H and O–H groups in total. The number of carboxylic acids is 1. The Bertz CT molecular complexity index is 887. The second-order valence-corrected chi connectivity index (χ2v) is 8.64. The van der Waals surface area contributed by atoms with Crippen LogP contribution in [0.15, 0.2) is 18.2 Å². The van der Waals surface area contributed by atoms with E-state index >= 15 is 0 Å². The second-order valence-electron chi connectivity index (χ2n) is 7.53. The Morgan fingerprint density at radius 3 is 2.67 bits per heavy atom. The molecule has 4 nitrogen and oxygen atoms in total. The highest BCUT2D eigenvalue weighted by atomic mass is 32.1. The van der Waals surface area contributed by atoms with Gasteiger partial charge in [0.15, 0.2) is 0 Å². The Morgan fingerprint density at radius 2 is 2.07 bits per heavy atom. The summed E-state index contributed by atoms with van der Waals surface area (Å²) in [7, 11) is 0. The molecule has 0 aliphatic heterocycles. The molecule has 0 spiro atoms. The average Bonchev–Trinajstić information content (AvgIpc) is 2.91. The van der Waals surface area contributed by atoms with Gasteiger partial charge >= 0.3 is 12.1 Å². The first kappa shape index (κ1) is 19.9. The van der Waals surface area contributed by atoms with Crippen LogP contribution >= 0.6 is 11.3 Å².